The predicted molar refractivity (Wildman–Crippen MR) is 80.0 cm³/mol. The van der Waals surface area contributed by atoms with E-state index in [-0.39, 0.29) is 10.8 Å². The molecule has 0 bridgehead atoms. The van der Waals surface area contributed by atoms with E-state index in [9.17, 15) is 14.4 Å². The molecule has 7 heteroatoms. The van der Waals surface area contributed by atoms with E-state index >= 15 is 0 Å². The van der Waals surface area contributed by atoms with Gasteiger partial charge in [-0.15, -0.1) is 0 Å². The first-order chi connectivity index (χ1) is 9.93. The second kappa shape index (κ2) is 5.92. The first-order valence-electron chi connectivity index (χ1n) is 6.10. The lowest BCUT2D eigenvalue weighted by Crippen LogP contribution is -2.13. The van der Waals surface area contributed by atoms with E-state index in [4.69, 9.17) is 0 Å². The average molecular weight is 306 g/mol. The van der Waals surface area contributed by atoms with Gasteiger partial charge in [0.25, 0.3) is 5.91 Å². The summed E-state index contributed by atoms with van der Waals surface area (Å²) in [5.74, 6) is -0.786. The summed E-state index contributed by atoms with van der Waals surface area (Å²) >= 11 is 0.901. The lowest BCUT2D eigenvalue weighted by molar-refractivity contribution is 0.0600. The van der Waals surface area contributed by atoms with Gasteiger partial charge in [-0.1, -0.05) is 11.3 Å². The molecule has 2 rings (SSSR count). The fourth-order valence-corrected chi connectivity index (χ4v) is 2.60. The van der Waals surface area contributed by atoms with Crippen molar-refractivity contribution in [2.45, 2.75) is 6.92 Å². The van der Waals surface area contributed by atoms with Gasteiger partial charge in [-0.3, -0.25) is 9.59 Å². The molecule has 2 aromatic rings. The summed E-state index contributed by atoms with van der Waals surface area (Å²) in [6.07, 6.45) is 0. The van der Waals surface area contributed by atoms with E-state index in [1.807, 2.05) is 0 Å². The van der Waals surface area contributed by atoms with Crippen molar-refractivity contribution in [2.24, 2.45) is 7.05 Å². The van der Waals surface area contributed by atoms with Gasteiger partial charge in [-0.05, 0) is 31.2 Å². The highest BCUT2D eigenvalue weighted by Gasteiger charge is 2.16. The summed E-state index contributed by atoms with van der Waals surface area (Å²) in [7, 11) is 2.92. The van der Waals surface area contributed by atoms with Crippen molar-refractivity contribution >= 4 is 28.9 Å². The molecule has 0 aliphatic carbocycles. The van der Waals surface area contributed by atoms with Crippen LogP contribution in [0.5, 0.6) is 0 Å². The third kappa shape index (κ3) is 3.03. The van der Waals surface area contributed by atoms with Crippen LogP contribution in [0.1, 0.15) is 25.7 Å². The quantitative estimate of drug-likeness (QED) is 0.877. The van der Waals surface area contributed by atoms with Gasteiger partial charge in [0.2, 0.25) is 0 Å². The minimum absolute atomic E-state index is 0.182. The largest absolute Gasteiger partial charge is 0.465 e. The van der Waals surface area contributed by atoms with Crippen LogP contribution in [-0.4, -0.2) is 23.6 Å². The van der Waals surface area contributed by atoms with E-state index in [2.05, 4.69) is 10.1 Å². The number of methoxy groups -OCH3 is 1. The van der Waals surface area contributed by atoms with E-state index in [1.165, 1.54) is 11.7 Å². The number of ether oxygens (including phenoxy) is 1. The molecule has 0 aliphatic rings. The van der Waals surface area contributed by atoms with Crippen molar-refractivity contribution < 1.29 is 14.3 Å². The molecule has 21 heavy (non-hydrogen) atoms. The Balaban J connectivity index is 2.18. The van der Waals surface area contributed by atoms with E-state index in [1.54, 1.807) is 38.2 Å². The first kappa shape index (κ1) is 15.0. The summed E-state index contributed by atoms with van der Waals surface area (Å²) in [5, 5.41) is 2.69. The van der Waals surface area contributed by atoms with Gasteiger partial charge < -0.3 is 14.6 Å². The van der Waals surface area contributed by atoms with Crippen molar-refractivity contribution in [3.63, 3.8) is 0 Å². The van der Waals surface area contributed by atoms with Crippen LogP contribution in [0.2, 0.25) is 0 Å². The number of esters is 1. The van der Waals surface area contributed by atoms with E-state index in [0.717, 1.165) is 11.3 Å². The molecule has 1 amide bonds. The van der Waals surface area contributed by atoms with Crippen LogP contribution in [0.3, 0.4) is 0 Å². The number of anilines is 1. The Kier molecular flexibility index (Phi) is 4.23. The van der Waals surface area contributed by atoms with Gasteiger partial charge in [-0.2, -0.15) is 0 Å². The van der Waals surface area contributed by atoms with Gasteiger partial charge >= 0.3 is 10.8 Å². The summed E-state index contributed by atoms with van der Waals surface area (Å²) in [5.41, 5.74) is 1.56. The molecular weight excluding hydrogens is 292 g/mol. The van der Waals surface area contributed by atoms with Crippen molar-refractivity contribution in [2.75, 3.05) is 12.4 Å². The third-order valence-corrected chi connectivity index (χ3v) is 4.20. The normalized spacial score (nSPS) is 10.2. The summed E-state index contributed by atoms with van der Waals surface area (Å²) in [4.78, 5) is 35.2. The maximum atomic E-state index is 12.1. The van der Waals surface area contributed by atoms with Gasteiger partial charge in [-0.25, -0.2) is 4.79 Å². The standard InChI is InChI=1S/C14H14N2O4S/c1-8-11(21-14(19)16(8)2)12(17)15-10-6-4-9(5-7-10)13(18)20-3/h4-7H,1-3H3,(H,15,17). The fourth-order valence-electron chi connectivity index (χ4n) is 1.72. The topological polar surface area (TPSA) is 77.4 Å². The van der Waals surface area contributed by atoms with Crippen molar-refractivity contribution in [1.82, 2.24) is 4.57 Å². The molecule has 0 saturated heterocycles. The van der Waals surface area contributed by atoms with Crippen LogP contribution in [0.15, 0.2) is 29.1 Å². The number of amides is 1. The number of rotatable bonds is 3. The van der Waals surface area contributed by atoms with Crippen LogP contribution in [0, 0.1) is 6.92 Å². The van der Waals surface area contributed by atoms with Crippen molar-refractivity contribution in [3.8, 4) is 0 Å². The van der Waals surface area contributed by atoms with E-state index < -0.39 is 5.97 Å². The molecule has 1 aromatic heterocycles. The molecule has 0 radical (unpaired) electrons. The highest BCUT2D eigenvalue weighted by atomic mass is 32.1. The number of nitrogens with zero attached hydrogens (tertiary/aromatic N) is 1. The highest BCUT2D eigenvalue weighted by Crippen LogP contribution is 2.15. The lowest BCUT2D eigenvalue weighted by Gasteiger charge is -2.05. The van der Waals surface area contributed by atoms with Crippen LogP contribution in [0.25, 0.3) is 0 Å². The SMILES string of the molecule is COC(=O)c1ccc(NC(=O)c2sc(=O)n(C)c2C)cc1. The zero-order chi connectivity index (χ0) is 15.6. The second-order valence-corrected chi connectivity index (χ2v) is 5.33. The molecule has 0 fully saturated rings. The number of hydrogen-bond acceptors (Lipinski definition) is 5. The van der Waals surface area contributed by atoms with E-state index in [0.29, 0.717) is 21.8 Å². The molecule has 0 spiro atoms. The fraction of sp³-hybridized carbons (Fsp3) is 0.214. The number of benzene rings is 1. The molecule has 1 aromatic carbocycles. The molecule has 6 nitrogen and oxygen atoms in total. The highest BCUT2D eigenvalue weighted by molar-refractivity contribution is 7.11. The summed E-state index contributed by atoms with van der Waals surface area (Å²) in [6, 6.07) is 6.32. The molecule has 110 valence electrons. The number of aromatic nitrogens is 1. The molecule has 0 saturated carbocycles. The zero-order valence-electron chi connectivity index (χ0n) is 11.8. The van der Waals surface area contributed by atoms with Crippen LogP contribution in [-0.2, 0) is 11.8 Å². The van der Waals surface area contributed by atoms with Gasteiger partial charge in [0, 0.05) is 18.4 Å². The first-order valence-corrected chi connectivity index (χ1v) is 6.92. The van der Waals surface area contributed by atoms with Gasteiger partial charge in [0.15, 0.2) is 0 Å². The monoisotopic (exact) mass is 306 g/mol. The molecule has 0 aliphatic heterocycles. The molecular formula is C14H14N2O4S. The number of nitrogens with one attached hydrogen (secondary N) is 1. The molecule has 1 heterocycles. The van der Waals surface area contributed by atoms with Gasteiger partial charge in [0.1, 0.15) is 4.88 Å². The van der Waals surface area contributed by atoms with Crippen molar-refractivity contribution in [1.29, 1.82) is 0 Å². The Morgan fingerprint density at radius 1 is 1.24 bits per heavy atom. The maximum absolute atomic E-state index is 12.1. The number of hydrogen-bond donors (Lipinski definition) is 1. The van der Waals surface area contributed by atoms with Crippen LogP contribution < -0.4 is 10.2 Å². The Bertz CT molecular complexity index is 743. The zero-order valence-corrected chi connectivity index (χ0v) is 12.6. The Morgan fingerprint density at radius 2 is 1.86 bits per heavy atom. The Labute approximate surface area is 125 Å². The summed E-state index contributed by atoms with van der Waals surface area (Å²) < 4.78 is 6.03. The predicted octanol–water partition coefficient (Wildman–Crippen LogP) is 1.79. The third-order valence-electron chi connectivity index (χ3n) is 3.07. The number of thiazole rings is 1. The Morgan fingerprint density at radius 3 is 2.33 bits per heavy atom. The summed E-state index contributed by atoms with van der Waals surface area (Å²) in [6.45, 7) is 1.72. The second-order valence-electron chi connectivity index (χ2n) is 4.36. The van der Waals surface area contributed by atoms with Crippen molar-refractivity contribution in [3.05, 3.63) is 50.1 Å². The number of carbonyl (C=O) groups is 2. The Hall–Kier alpha value is -2.41. The van der Waals surface area contributed by atoms with Crippen LogP contribution in [0.4, 0.5) is 5.69 Å². The van der Waals surface area contributed by atoms with Crippen LogP contribution >= 0.6 is 11.3 Å². The molecule has 0 unspecified atom stereocenters. The maximum Gasteiger partial charge on any atom is 0.337 e. The molecule has 1 N–H and O–H groups in total. The molecule has 0 atom stereocenters. The smallest absolute Gasteiger partial charge is 0.337 e. The minimum Gasteiger partial charge on any atom is -0.465 e. The minimum atomic E-state index is -0.440. The number of carbonyl (C=O) groups excluding carboxylic acids is 2. The average Bonchev–Trinajstić information content (AvgIpc) is 2.75. The van der Waals surface area contributed by atoms with Gasteiger partial charge in [0.05, 0.1) is 12.7 Å². The lowest BCUT2D eigenvalue weighted by atomic mass is 10.2.